The number of piperidine rings is 2. The summed E-state index contributed by atoms with van der Waals surface area (Å²) in [6.45, 7) is 3.29. The molecule has 0 unspecified atom stereocenters. The van der Waals surface area contributed by atoms with Crippen LogP contribution in [0, 0.1) is 5.92 Å². The lowest BCUT2D eigenvalue weighted by atomic mass is 9.83. The zero-order valence-corrected chi connectivity index (χ0v) is 14.4. The zero-order valence-electron chi connectivity index (χ0n) is 13.6. The van der Waals surface area contributed by atoms with Crippen LogP contribution < -0.4 is 10.6 Å². The molecule has 0 bridgehead atoms. The van der Waals surface area contributed by atoms with E-state index in [0.717, 1.165) is 11.7 Å². The fraction of sp³-hybridized carbons (Fsp3) is 0.765. The molecule has 2 N–H and O–H groups in total. The van der Waals surface area contributed by atoms with E-state index in [1.165, 1.54) is 69.4 Å². The standard InChI is InChI=1S/C17H26N4OS/c22-16(14-11-23-17(20-14)19-13-6-7-13)18-10-12-4-3-9-21-8-2-1-5-15(12)21/h11-13,15H,1-10H2,(H,18,22)(H,19,20)/t12-,15-/m1/s1. The number of nitrogens with zero attached hydrogens (tertiary/aromatic N) is 2. The van der Waals surface area contributed by atoms with Gasteiger partial charge in [-0.15, -0.1) is 11.3 Å². The lowest BCUT2D eigenvalue weighted by molar-refractivity contribution is 0.0575. The largest absolute Gasteiger partial charge is 0.359 e. The third-order valence-corrected chi connectivity index (χ3v) is 6.17. The maximum absolute atomic E-state index is 12.4. The Morgan fingerprint density at radius 2 is 2.09 bits per heavy atom. The molecule has 1 saturated carbocycles. The van der Waals surface area contributed by atoms with Gasteiger partial charge in [0.05, 0.1) is 0 Å². The van der Waals surface area contributed by atoms with E-state index >= 15 is 0 Å². The minimum Gasteiger partial charge on any atom is -0.359 e. The number of thiazole rings is 1. The van der Waals surface area contributed by atoms with Gasteiger partial charge in [-0.25, -0.2) is 4.98 Å². The monoisotopic (exact) mass is 334 g/mol. The predicted octanol–water partition coefficient (Wildman–Crippen LogP) is 2.71. The Morgan fingerprint density at radius 1 is 1.22 bits per heavy atom. The number of carbonyl (C=O) groups excluding carboxylic acids is 1. The third-order valence-electron chi connectivity index (χ3n) is 5.40. The quantitative estimate of drug-likeness (QED) is 0.869. The third kappa shape index (κ3) is 3.69. The lowest BCUT2D eigenvalue weighted by Gasteiger charge is -2.44. The van der Waals surface area contributed by atoms with E-state index in [4.69, 9.17) is 0 Å². The van der Waals surface area contributed by atoms with Gasteiger partial charge in [0.25, 0.3) is 5.91 Å². The minimum absolute atomic E-state index is 0.0157. The van der Waals surface area contributed by atoms with E-state index in [9.17, 15) is 4.79 Å². The van der Waals surface area contributed by atoms with Crippen LogP contribution in [0.5, 0.6) is 0 Å². The highest BCUT2D eigenvalue weighted by Gasteiger charge is 2.33. The fourth-order valence-corrected chi connectivity index (χ4v) is 4.75. The molecule has 23 heavy (non-hydrogen) atoms. The van der Waals surface area contributed by atoms with Crippen LogP contribution in [0.15, 0.2) is 5.38 Å². The molecule has 0 radical (unpaired) electrons. The highest BCUT2D eigenvalue weighted by atomic mass is 32.1. The molecule has 3 fully saturated rings. The summed E-state index contributed by atoms with van der Waals surface area (Å²) in [5.41, 5.74) is 0.564. The van der Waals surface area contributed by atoms with Crippen molar-refractivity contribution in [3.05, 3.63) is 11.1 Å². The highest BCUT2D eigenvalue weighted by molar-refractivity contribution is 7.13. The van der Waals surface area contributed by atoms with Gasteiger partial charge in [0.2, 0.25) is 0 Å². The summed E-state index contributed by atoms with van der Waals surface area (Å²) in [5, 5.41) is 9.24. The summed E-state index contributed by atoms with van der Waals surface area (Å²) in [4.78, 5) is 19.4. The number of aromatic nitrogens is 1. The van der Waals surface area contributed by atoms with Crippen molar-refractivity contribution < 1.29 is 4.79 Å². The number of anilines is 1. The minimum atomic E-state index is -0.0157. The summed E-state index contributed by atoms with van der Waals surface area (Å²) in [6.07, 6.45) is 8.93. The summed E-state index contributed by atoms with van der Waals surface area (Å²) >= 11 is 1.53. The second-order valence-electron chi connectivity index (χ2n) is 7.17. The first kappa shape index (κ1) is 15.4. The first-order valence-corrected chi connectivity index (χ1v) is 9.92. The Hall–Kier alpha value is -1.14. The molecule has 1 aromatic heterocycles. The second-order valence-corrected chi connectivity index (χ2v) is 8.03. The molecule has 0 aromatic carbocycles. The molecular formula is C17H26N4OS. The van der Waals surface area contributed by atoms with Gasteiger partial charge in [-0.05, 0) is 57.5 Å². The highest BCUT2D eigenvalue weighted by Crippen LogP contribution is 2.30. The molecule has 4 rings (SSSR count). The van der Waals surface area contributed by atoms with Crippen molar-refractivity contribution in [2.24, 2.45) is 5.92 Å². The van der Waals surface area contributed by atoms with Gasteiger partial charge in [-0.1, -0.05) is 6.42 Å². The maximum atomic E-state index is 12.4. The number of hydrogen-bond acceptors (Lipinski definition) is 5. The molecular weight excluding hydrogens is 308 g/mol. The first-order valence-electron chi connectivity index (χ1n) is 9.04. The van der Waals surface area contributed by atoms with Gasteiger partial charge in [0, 0.05) is 24.0 Å². The van der Waals surface area contributed by atoms with Crippen LogP contribution in [0.25, 0.3) is 0 Å². The number of hydrogen-bond donors (Lipinski definition) is 2. The van der Waals surface area contributed by atoms with E-state index in [0.29, 0.717) is 23.7 Å². The van der Waals surface area contributed by atoms with Crippen molar-refractivity contribution in [3.63, 3.8) is 0 Å². The molecule has 6 heteroatoms. The van der Waals surface area contributed by atoms with E-state index in [-0.39, 0.29) is 5.91 Å². The Balaban J connectivity index is 1.30. The lowest BCUT2D eigenvalue weighted by Crippen LogP contribution is -2.51. The smallest absolute Gasteiger partial charge is 0.270 e. The normalized spacial score (nSPS) is 28.2. The molecule has 3 aliphatic rings. The molecule has 2 atom stereocenters. The van der Waals surface area contributed by atoms with Crippen molar-refractivity contribution in [3.8, 4) is 0 Å². The van der Waals surface area contributed by atoms with Crippen LogP contribution in [0.4, 0.5) is 5.13 Å². The van der Waals surface area contributed by atoms with E-state index in [2.05, 4.69) is 20.5 Å². The Bertz CT molecular complexity index is 555. The molecule has 5 nitrogen and oxygen atoms in total. The summed E-state index contributed by atoms with van der Waals surface area (Å²) in [5.74, 6) is 0.591. The number of nitrogens with one attached hydrogen (secondary N) is 2. The Labute approximate surface area is 141 Å². The van der Waals surface area contributed by atoms with Crippen LogP contribution in [-0.4, -0.2) is 47.5 Å². The van der Waals surface area contributed by atoms with Gasteiger partial charge < -0.3 is 15.5 Å². The molecule has 1 aromatic rings. The van der Waals surface area contributed by atoms with E-state index in [1.54, 1.807) is 0 Å². The van der Waals surface area contributed by atoms with Gasteiger partial charge in [0.15, 0.2) is 5.13 Å². The van der Waals surface area contributed by atoms with Gasteiger partial charge in [-0.2, -0.15) is 0 Å². The number of fused-ring (bicyclic) bond motifs is 1. The second kappa shape index (κ2) is 6.77. The molecule has 126 valence electrons. The first-order chi connectivity index (χ1) is 11.3. The Morgan fingerprint density at radius 3 is 2.96 bits per heavy atom. The van der Waals surface area contributed by atoms with Gasteiger partial charge in [-0.3, -0.25) is 4.79 Å². The van der Waals surface area contributed by atoms with Crippen LogP contribution in [-0.2, 0) is 0 Å². The fourth-order valence-electron chi connectivity index (χ4n) is 3.98. The molecule has 2 aliphatic heterocycles. The maximum Gasteiger partial charge on any atom is 0.270 e. The SMILES string of the molecule is O=C(NC[C@H]1CCCN2CCCC[C@H]12)c1csc(NC2CC2)n1. The van der Waals surface area contributed by atoms with Crippen molar-refractivity contribution in [1.29, 1.82) is 0 Å². The predicted molar refractivity (Wildman–Crippen MR) is 93.0 cm³/mol. The molecule has 3 heterocycles. The molecule has 0 spiro atoms. The van der Waals surface area contributed by atoms with Crippen LogP contribution in [0.1, 0.15) is 55.4 Å². The van der Waals surface area contributed by atoms with Crippen molar-refractivity contribution >= 4 is 22.4 Å². The molecule has 1 amide bonds. The average Bonchev–Trinajstić information content (AvgIpc) is 3.27. The van der Waals surface area contributed by atoms with Crippen LogP contribution in [0.3, 0.4) is 0 Å². The van der Waals surface area contributed by atoms with Gasteiger partial charge >= 0.3 is 0 Å². The summed E-state index contributed by atoms with van der Waals surface area (Å²) in [6, 6.07) is 1.26. The van der Waals surface area contributed by atoms with Crippen LogP contribution >= 0.6 is 11.3 Å². The summed E-state index contributed by atoms with van der Waals surface area (Å²) in [7, 11) is 0. The number of amides is 1. The van der Waals surface area contributed by atoms with Crippen molar-refractivity contribution in [2.45, 2.75) is 57.0 Å². The topological polar surface area (TPSA) is 57.3 Å². The van der Waals surface area contributed by atoms with Crippen LogP contribution in [0.2, 0.25) is 0 Å². The molecule has 1 aliphatic carbocycles. The average molecular weight is 334 g/mol. The number of carbonyl (C=O) groups is 1. The van der Waals surface area contributed by atoms with Crippen molar-refractivity contribution in [1.82, 2.24) is 15.2 Å². The van der Waals surface area contributed by atoms with Gasteiger partial charge in [0.1, 0.15) is 5.69 Å². The van der Waals surface area contributed by atoms with E-state index < -0.39 is 0 Å². The Kier molecular flexibility index (Phi) is 4.53. The number of rotatable bonds is 5. The summed E-state index contributed by atoms with van der Waals surface area (Å²) < 4.78 is 0. The zero-order chi connectivity index (χ0) is 15.6. The van der Waals surface area contributed by atoms with E-state index in [1.807, 2.05) is 5.38 Å². The van der Waals surface area contributed by atoms with Crippen molar-refractivity contribution in [2.75, 3.05) is 25.0 Å². The molecule has 2 saturated heterocycles.